The molecule has 0 radical (unpaired) electrons. The molecule has 0 aromatic heterocycles. The van der Waals surface area contributed by atoms with Crippen LogP contribution in [0.15, 0.2) is 23.2 Å². The predicted molar refractivity (Wildman–Crippen MR) is 100 cm³/mol. The highest BCUT2D eigenvalue weighted by molar-refractivity contribution is 5.80. The van der Waals surface area contributed by atoms with Crippen molar-refractivity contribution in [3.05, 3.63) is 23.8 Å². The first kappa shape index (κ1) is 19.9. The number of hydrogen-bond acceptors (Lipinski definition) is 5. The summed E-state index contributed by atoms with van der Waals surface area (Å²) in [5.74, 6) is 1.54. The Kier molecular flexibility index (Phi) is 7.56. The van der Waals surface area contributed by atoms with Crippen molar-refractivity contribution in [2.45, 2.75) is 33.2 Å². The second kappa shape index (κ2) is 9.89. The molecule has 0 bridgehead atoms. The highest BCUT2D eigenvalue weighted by atomic mass is 16.5. The van der Waals surface area contributed by atoms with Gasteiger partial charge in [0.1, 0.15) is 11.5 Å². The zero-order valence-electron chi connectivity index (χ0n) is 15.8. The molecule has 1 aromatic carbocycles. The Labute approximate surface area is 155 Å². The fourth-order valence-electron chi connectivity index (χ4n) is 2.99. The molecule has 0 aliphatic carbocycles. The lowest BCUT2D eigenvalue weighted by atomic mass is 9.97. The number of likely N-dealkylation sites (tertiary alicyclic amines) is 1. The normalized spacial score (nSPS) is 15.7. The van der Waals surface area contributed by atoms with Gasteiger partial charge in [0.25, 0.3) is 0 Å². The van der Waals surface area contributed by atoms with E-state index in [0.29, 0.717) is 24.5 Å². The van der Waals surface area contributed by atoms with E-state index < -0.39 is 0 Å². The zero-order chi connectivity index (χ0) is 18.9. The van der Waals surface area contributed by atoms with E-state index in [1.807, 2.05) is 13.8 Å². The number of rotatable bonds is 6. The molecular formula is C19H29N3O4. The van der Waals surface area contributed by atoms with E-state index >= 15 is 0 Å². The molecule has 1 aliphatic heterocycles. The summed E-state index contributed by atoms with van der Waals surface area (Å²) in [7, 11) is 1.59. The van der Waals surface area contributed by atoms with Gasteiger partial charge in [0, 0.05) is 25.2 Å². The van der Waals surface area contributed by atoms with E-state index in [0.717, 1.165) is 38.4 Å². The van der Waals surface area contributed by atoms with Gasteiger partial charge in [-0.25, -0.2) is 4.99 Å². The Balaban J connectivity index is 2.02. The van der Waals surface area contributed by atoms with Crippen LogP contribution in [0.2, 0.25) is 0 Å². The monoisotopic (exact) mass is 363 g/mol. The molecule has 0 amide bonds. The van der Waals surface area contributed by atoms with Crippen molar-refractivity contribution in [2.24, 2.45) is 10.9 Å². The summed E-state index contributed by atoms with van der Waals surface area (Å²) in [4.78, 5) is 18.7. The van der Waals surface area contributed by atoms with Gasteiger partial charge in [0.15, 0.2) is 5.96 Å². The molecule has 2 N–H and O–H groups in total. The molecule has 0 spiro atoms. The molecule has 0 saturated carbocycles. The van der Waals surface area contributed by atoms with Gasteiger partial charge in [-0.1, -0.05) is 0 Å². The molecule has 7 nitrogen and oxygen atoms in total. The molecule has 1 aliphatic rings. The number of carbonyl (C=O) groups excluding carboxylic acids is 1. The predicted octanol–water partition coefficient (Wildman–Crippen LogP) is 2.14. The van der Waals surface area contributed by atoms with Crippen LogP contribution >= 0.6 is 0 Å². The standard InChI is InChI=1S/C19H29N3O4/c1-4-20-19(21-13-15-12-16(25-3)6-7-17(15)23)22-10-8-14(9-11-22)18(24)26-5-2/h6-7,12,14,23H,4-5,8-11,13H2,1-3H3,(H,20,21). The summed E-state index contributed by atoms with van der Waals surface area (Å²) in [5, 5.41) is 13.3. The Hall–Kier alpha value is -2.44. The number of carbonyl (C=O) groups is 1. The molecule has 2 rings (SSSR count). The van der Waals surface area contributed by atoms with Crippen LogP contribution in [0.5, 0.6) is 11.5 Å². The van der Waals surface area contributed by atoms with Crippen molar-refractivity contribution in [1.29, 1.82) is 0 Å². The molecular weight excluding hydrogens is 334 g/mol. The van der Waals surface area contributed by atoms with Crippen molar-refractivity contribution in [1.82, 2.24) is 10.2 Å². The maximum absolute atomic E-state index is 11.9. The number of aromatic hydroxyl groups is 1. The van der Waals surface area contributed by atoms with Crippen LogP contribution in [-0.2, 0) is 16.1 Å². The van der Waals surface area contributed by atoms with E-state index in [1.54, 1.807) is 25.3 Å². The minimum Gasteiger partial charge on any atom is -0.508 e. The number of guanidine groups is 1. The molecule has 0 unspecified atom stereocenters. The van der Waals surface area contributed by atoms with Crippen LogP contribution in [0.3, 0.4) is 0 Å². The summed E-state index contributed by atoms with van der Waals surface area (Å²) in [5.41, 5.74) is 0.709. The molecule has 26 heavy (non-hydrogen) atoms. The van der Waals surface area contributed by atoms with Crippen LogP contribution in [0, 0.1) is 5.92 Å². The minimum atomic E-state index is -0.101. The highest BCUT2D eigenvalue weighted by Gasteiger charge is 2.27. The van der Waals surface area contributed by atoms with Crippen molar-refractivity contribution < 1.29 is 19.4 Å². The fourth-order valence-corrected chi connectivity index (χ4v) is 2.99. The van der Waals surface area contributed by atoms with Crippen molar-refractivity contribution in [3.8, 4) is 11.5 Å². The fraction of sp³-hybridized carbons (Fsp3) is 0.579. The van der Waals surface area contributed by atoms with E-state index in [2.05, 4.69) is 15.2 Å². The quantitative estimate of drug-likeness (QED) is 0.458. The lowest BCUT2D eigenvalue weighted by molar-refractivity contribution is -0.149. The van der Waals surface area contributed by atoms with E-state index in [1.165, 1.54) is 0 Å². The van der Waals surface area contributed by atoms with Gasteiger partial charge in [-0.15, -0.1) is 0 Å². The van der Waals surface area contributed by atoms with Crippen molar-refractivity contribution in [3.63, 3.8) is 0 Å². The van der Waals surface area contributed by atoms with Gasteiger partial charge in [0.2, 0.25) is 0 Å². The van der Waals surface area contributed by atoms with Crippen molar-refractivity contribution >= 4 is 11.9 Å². The average Bonchev–Trinajstić information content (AvgIpc) is 2.66. The van der Waals surface area contributed by atoms with Crippen molar-refractivity contribution in [2.75, 3.05) is 33.4 Å². The largest absolute Gasteiger partial charge is 0.508 e. The summed E-state index contributed by atoms with van der Waals surface area (Å²) < 4.78 is 10.3. The van der Waals surface area contributed by atoms with Gasteiger partial charge >= 0.3 is 5.97 Å². The summed E-state index contributed by atoms with van der Waals surface area (Å²) >= 11 is 0. The van der Waals surface area contributed by atoms with Gasteiger partial charge in [0.05, 0.1) is 26.2 Å². The Bertz CT molecular complexity index is 625. The second-order valence-corrected chi connectivity index (χ2v) is 6.18. The first-order chi connectivity index (χ1) is 12.6. The second-order valence-electron chi connectivity index (χ2n) is 6.18. The van der Waals surface area contributed by atoms with Gasteiger partial charge < -0.3 is 24.8 Å². The zero-order valence-corrected chi connectivity index (χ0v) is 15.8. The van der Waals surface area contributed by atoms with Gasteiger partial charge in [-0.3, -0.25) is 4.79 Å². The molecule has 1 saturated heterocycles. The minimum absolute atomic E-state index is 0.0310. The maximum Gasteiger partial charge on any atom is 0.309 e. The number of aliphatic imine (C=N–C) groups is 1. The number of nitrogens with zero attached hydrogens (tertiary/aromatic N) is 2. The van der Waals surface area contributed by atoms with Gasteiger partial charge in [-0.2, -0.15) is 0 Å². The van der Waals surface area contributed by atoms with Gasteiger partial charge in [-0.05, 0) is 44.9 Å². The Morgan fingerprint density at radius 3 is 2.69 bits per heavy atom. The number of phenols is 1. The number of esters is 1. The molecule has 0 atom stereocenters. The third-order valence-corrected chi connectivity index (χ3v) is 4.44. The van der Waals surface area contributed by atoms with Crippen LogP contribution in [-0.4, -0.2) is 55.3 Å². The van der Waals surface area contributed by atoms with E-state index in [9.17, 15) is 9.90 Å². The summed E-state index contributed by atoms with van der Waals surface area (Å²) in [6.45, 7) is 6.87. The molecule has 7 heteroatoms. The topological polar surface area (TPSA) is 83.4 Å². The molecule has 1 fully saturated rings. The van der Waals surface area contributed by atoms with E-state index in [4.69, 9.17) is 9.47 Å². The third kappa shape index (κ3) is 5.28. The van der Waals surface area contributed by atoms with Crippen LogP contribution in [0.25, 0.3) is 0 Å². The Morgan fingerprint density at radius 1 is 1.35 bits per heavy atom. The highest BCUT2D eigenvalue weighted by Crippen LogP contribution is 2.24. The number of phenolic OH excluding ortho intramolecular Hbond substituents is 1. The number of benzene rings is 1. The first-order valence-electron chi connectivity index (χ1n) is 9.14. The number of piperidine rings is 1. The number of hydrogen-bond donors (Lipinski definition) is 2. The Morgan fingerprint density at radius 2 is 2.08 bits per heavy atom. The number of ether oxygens (including phenoxy) is 2. The lowest BCUT2D eigenvalue weighted by Crippen LogP contribution is -2.46. The van der Waals surface area contributed by atoms with Crippen LogP contribution in [0.4, 0.5) is 0 Å². The maximum atomic E-state index is 11.9. The number of methoxy groups -OCH3 is 1. The third-order valence-electron chi connectivity index (χ3n) is 4.44. The van der Waals surface area contributed by atoms with Crippen LogP contribution in [0.1, 0.15) is 32.3 Å². The SMILES string of the molecule is CCNC(=NCc1cc(OC)ccc1O)N1CCC(C(=O)OCC)CC1. The number of nitrogens with one attached hydrogen (secondary N) is 1. The first-order valence-corrected chi connectivity index (χ1v) is 9.14. The smallest absolute Gasteiger partial charge is 0.309 e. The van der Waals surface area contributed by atoms with Crippen LogP contribution < -0.4 is 10.1 Å². The molecule has 144 valence electrons. The summed E-state index contributed by atoms with van der Waals surface area (Å²) in [6, 6.07) is 5.12. The molecule has 1 aromatic rings. The van der Waals surface area contributed by atoms with E-state index in [-0.39, 0.29) is 17.6 Å². The average molecular weight is 363 g/mol. The summed E-state index contributed by atoms with van der Waals surface area (Å²) in [6.07, 6.45) is 1.52. The molecule has 1 heterocycles. The lowest BCUT2D eigenvalue weighted by Gasteiger charge is -2.33.